The Bertz CT molecular complexity index is 2550. The average molecular weight is 1420 g/mol. The number of aliphatic hydroxyl groups excluding tert-OH is 21. The second kappa shape index (κ2) is 31.2. The third-order valence-corrected chi connectivity index (χ3v) is 24.4. The Kier molecular flexibility index (Phi) is 24.7. The summed E-state index contributed by atoms with van der Waals surface area (Å²) < 4.78 is 77.3. The minimum Gasteiger partial charge on any atom is -0.394 e. The van der Waals surface area contributed by atoms with E-state index in [0.29, 0.717) is 25.7 Å². The van der Waals surface area contributed by atoms with E-state index in [0.717, 1.165) is 32.1 Å². The molecule has 22 N–H and O–H groups in total. The van der Waals surface area contributed by atoms with Gasteiger partial charge < -0.3 is 174 Å². The van der Waals surface area contributed by atoms with Gasteiger partial charge in [0.05, 0.1) is 64.6 Å². The molecule has 4 saturated carbocycles. The summed E-state index contributed by atoms with van der Waals surface area (Å²) in [6.45, 7) is 3.20. The molecule has 35 heteroatoms. The Labute approximate surface area is 564 Å². The van der Waals surface area contributed by atoms with Gasteiger partial charge >= 0.3 is 0 Å². The molecule has 11 fully saturated rings. The summed E-state index contributed by atoms with van der Waals surface area (Å²) in [4.78, 5) is 0. The van der Waals surface area contributed by atoms with Crippen molar-refractivity contribution in [2.24, 2.45) is 52.3 Å². The van der Waals surface area contributed by atoms with Crippen LogP contribution in [0.3, 0.4) is 0 Å². The standard InChI is InChI=1S/C63H106O35/c1-21(20-86-55-46(80)42(76)37(71)30(14-64)88-55)7-10-63(85)22(2)36-29(98-63)12-26-24-6-5-23-11-28(27(70)13-62(23,4)25(24)8-9-61(26,36)3)87-59-50(84)52(40(74)33(17-67)91-59)95-58-49(83)45(79)51(35(19-69)93-58)94-60-54(97-57-48(82)44(78)39(73)32(16-66)90-57)53(41(75)34(18-68)92-60)96-56-47(81)43(77)38(72)31(15-65)89-56/h21-60,64-85H,5-20H2,1-4H3. The molecular weight excluding hydrogens is 1320 g/mol. The average Bonchev–Trinajstić information content (AvgIpc) is 1.50. The quantitative estimate of drug-likeness (QED) is 0.0448. The van der Waals surface area contributed by atoms with Gasteiger partial charge in [0.2, 0.25) is 0 Å². The summed E-state index contributed by atoms with van der Waals surface area (Å²) in [5, 5.41) is 240. The number of aliphatic hydroxyl groups is 22. The highest BCUT2D eigenvalue weighted by Gasteiger charge is 2.69. The molecule has 0 aromatic carbocycles. The van der Waals surface area contributed by atoms with Crippen LogP contribution in [0.5, 0.6) is 0 Å². The summed E-state index contributed by atoms with van der Waals surface area (Å²) in [7, 11) is 0. The maximum atomic E-state index is 12.2. The molecule has 7 aliphatic heterocycles. The van der Waals surface area contributed by atoms with E-state index in [9.17, 15) is 112 Å². The maximum Gasteiger partial charge on any atom is 0.187 e. The Morgan fingerprint density at radius 3 is 1.43 bits per heavy atom. The van der Waals surface area contributed by atoms with Gasteiger partial charge in [0.1, 0.15) is 146 Å². The van der Waals surface area contributed by atoms with Crippen molar-refractivity contribution in [2.45, 2.75) is 294 Å². The molecule has 4 aliphatic carbocycles. The molecule has 11 rings (SSSR count). The first kappa shape index (κ1) is 77.7. The lowest BCUT2D eigenvalue weighted by Gasteiger charge is -2.62. The first-order chi connectivity index (χ1) is 46.4. The van der Waals surface area contributed by atoms with Gasteiger partial charge in [-0.3, -0.25) is 0 Å². The predicted octanol–water partition coefficient (Wildman–Crippen LogP) is -9.34. The van der Waals surface area contributed by atoms with E-state index < -0.39 is 242 Å². The highest BCUT2D eigenvalue weighted by molar-refractivity contribution is 5.16. The van der Waals surface area contributed by atoms with Gasteiger partial charge in [-0.25, -0.2) is 0 Å². The highest BCUT2D eigenvalue weighted by atomic mass is 16.8. The predicted molar refractivity (Wildman–Crippen MR) is 318 cm³/mol. The molecule has 43 unspecified atom stereocenters. The second-order valence-electron chi connectivity index (χ2n) is 30.0. The van der Waals surface area contributed by atoms with Crippen molar-refractivity contribution < 1.29 is 174 Å². The second-order valence-corrected chi connectivity index (χ2v) is 30.0. The van der Waals surface area contributed by atoms with Crippen molar-refractivity contribution in [3.63, 3.8) is 0 Å². The van der Waals surface area contributed by atoms with Crippen molar-refractivity contribution in [1.29, 1.82) is 0 Å². The molecule has 35 nitrogen and oxygen atoms in total. The first-order valence-electron chi connectivity index (χ1n) is 34.5. The fourth-order valence-electron chi connectivity index (χ4n) is 18.6. The van der Waals surface area contributed by atoms with E-state index in [-0.39, 0.29) is 65.0 Å². The molecule has 0 aromatic rings. The van der Waals surface area contributed by atoms with Crippen molar-refractivity contribution in [1.82, 2.24) is 0 Å². The van der Waals surface area contributed by atoms with Crippen LogP contribution in [0, 0.1) is 52.3 Å². The van der Waals surface area contributed by atoms with Gasteiger partial charge in [0.15, 0.2) is 43.5 Å². The number of ether oxygens (including phenoxy) is 13. The van der Waals surface area contributed by atoms with Crippen molar-refractivity contribution in [3.05, 3.63) is 0 Å². The van der Waals surface area contributed by atoms with Crippen molar-refractivity contribution in [2.75, 3.05) is 46.2 Å². The molecule has 0 bridgehead atoms. The summed E-state index contributed by atoms with van der Waals surface area (Å²) in [5.41, 5.74) is -0.509. The Morgan fingerprint density at radius 2 is 0.878 bits per heavy atom. The smallest absolute Gasteiger partial charge is 0.187 e. The third-order valence-electron chi connectivity index (χ3n) is 24.4. The van der Waals surface area contributed by atoms with Gasteiger partial charge in [-0.05, 0) is 97.7 Å². The number of fused-ring (bicyclic) bond motifs is 7. The summed E-state index contributed by atoms with van der Waals surface area (Å²) in [6, 6.07) is 0. The zero-order chi connectivity index (χ0) is 71.1. The van der Waals surface area contributed by atoms with Crippen molar-refractivity contribution >= 4 is 0 Å². The lowest BCUT2D eigenvalue weighted by Crippen LogP contribution is -2.69. The monoisotopic (exact) mass is 1420 g/mol. The largest absolute Gasteiger partial charge is 0.394 e. The first-order valence-corrected chi connectivity index (χ1v) is 34.5. The zero-order valence-electron chi connectivity index (χ0n) is 55.1. The van der Waals surface area contributed by atoms with Crippen LogP contribution in [0.15, 0.2) is 0 Å². The maximum absolute atomic E-state index is 12.2. The number of hydrogen-bond donors (Lipinski definition) is 22. The molecular formula is C63H106O35. The van der Waals surface area contributed by atoms with Gasteiger partial charge in [0.25, 0.3) is 0 Å². The summed E-state index contributed by atoms with van der Waals surface area (Å²) in [5.74, 6) is -0.883. The molecule has 7 heterocycles. The van der Waals surface area contributed by atoms with Gasteiger partial charge in [0, 0.05) is 12.3 Å². The molecule has 0 radical (unpaired) electrons. The van der Waals surface area contributed by atoms with Crippen LogP contribution in [0.4, 0.5) is 0 Å². The van der Waals surface area contributed by atoms with Crippen LogP contribution in [-0.4, -0.2) is 367 Å². The fraction of sp³-hybridized carbons (Fsp3) is 1.00. The Morgan fingerprint density at radius 1 is 0.429 bits per heavy atom. The van der Waals surface area contributed by atoms with E-state index >= 15 is 0 Å². The van der Waals surface area contributed by atoms with Gasteiger partial charge in [-0.2, -0.15) is 0 Å². The van der Waals surface area contributed by atoms with E-state index in [1.807, 2.05) is 6.92 Å². The third kappa shape index (κ3) is 14.3. The molecule has 98 heavy (non-hydrogen) atoms. The number of hydrogen-bond acceptors (Lipinski definition) is 35. The van der Waals surface area contributed by atoms with E-state index in [1.54, 1.807) is 0 Å². The van der Waals surface area contributed by atoms with Crippen LogP contribution in [0.2, 0.25) is 0 Å². The molecule has 0 spiro atoms. The van der Waals surface area contributed by atoms with Crippen LogP contribution < -0.4 is 0 Å². The van der Waals surface area contributed by atoms with Crippen LogP contribution in [0.1, 0.15) is 85.5 Å². The van der Waals surface area contributed by atoms with Crippen LogP contribution >= 0.6 is 0 Å². The highest BCUT2D eigenvalue weighted by Crippen LogP contribution is 2.71. The van der Waals surface area contributed by atoms with Gasteiger partial charge in [-0.1, -0.05) is 27.7 Å². The Balaban J connectivity index is 0.725. The van der Waals surface area contributed by atoms with E-state index in [4.69, 9.17) is 61.6 Å². The molecule has 568 valence electrons. The molecule has 0 amide bonds. The summed E-state index contributed by atoms with van der Waals surface area (Å²) in [6.07, 6.45) is -52.2. The van der Waals surface area contributed by atoms with Crippen LogP contribution in [-0.2, 0) is 61.6 Å². The van der Waals surface area contributed by atoms with E-state index in [2.05, 4.69) is 20.8 Å². The zero-order valence-corrected chi connectivity index (χ0v) is 55.1. The Hall–Kier alpha value is -1.40. The topological polar surface area (TPSA) is 565 Å². The fourth-order valence-corrected chi connectivity index (χ4v) is 18.6. The molecule has 43 atom stereocenters. The SMILES string of the molecule is CC(CCC1(O)OC2CC3C4CCC5CC(OC6OC(CO)C(O)C(OC7OC(CO)C(OC8OC(CO)C(O)C(OC9OC(CO)C(O)C(O)C9O)C8OC8OC(CO)C(O)C(O)C8O)C(O)C7O)C6O)C(O)CC5(C)C4CCC3(C)C2C1C)COC1OC(CO)C(O)C(O)C1O. The van der Waals surface area contributed by atoms with Gasteiger partial charge in [-0.15, -0.1) is 0 Å². The van der Waals surface area contributed by atoms with Crippen molar-refractivity contribution in [3.8, 4) is 0 Å². The summed E-state index contributed by atoms with van der Waals surface area (Å²) >= 11 is 0. The minimum atomic E-state index is -2.23. The lowest BCUT2D eigenvalue weighted by atomic mass is 9.44. The normalized spacial score (nSPS) is 55.5. The minimum absolute atomic E-state index is 0.0354. The molecule has 0 aromatic heterocycles. The lowest BCUT2D eigenvalue weighted by molar-refractivity contribution is -0.409. The van der Waals surface area contributed by atoms with Crippen LogP contribution in [0.25, 0.3) is 0 Å². The molecule has 11 aliphatic rings. The van der Waals surface area contributed by atoms with E-state index in [1.165, 1.54) is 0 Å². The molecule has 7 saturated heterocycles. The number of rotatable bonds is 22.